The largest absolute Gasteiger partial charge is 0.368 e. The number of nitrogens with two attached hydrogens (primary N) is 1. The average molecular weight is 442 g/mol. The number of benzene rings is 1. The maximum Gasteiger partial charge on any atom is 0.226 e. The molecule has 7 nitrogen and oxygen atoms in total. The van der Waals surface area contributed by atoms with Crippen molar-refractivity contribution >= 4 is 29.4 Å². The molecule has 0 spiro atoms. The minimum Gasteiger partial charge on any atom is -0.368 e. The Hall–Kier alpha value is -2.67. The second kappa shape index (κ2) is 9.22. The van der Waals surface area contributed by atoms with Crippen molar-refractivity contribution in [2.24, 2.45) is 5.92 Å². The second-order valence-corrected chi connectivity index (χ2v) is 8.79. The van der Waals surface area contributed by atoms with Crippen molar-refractivity contribution < 1.29 is 9.59 Å². The number of halogens is 1. The van der Waals surface area contributed by atoms with E-state index >= 15 is 0 Å². The number of likely N-dealkylation sites (tertiary alicyclic amines) is 2. The predicted molar refractivity (Wildman–Crippen MR) is 120 cm³/mol. The molecule has 0 radical (unpaired) electrons. The average Bonchev–Trinajstić information content (AvgIpc) is 2.79. The van der Waals surface area contributed by atoms with Crippen molar-refractivity contribution in [1.82, 2.24) is 19.8 Å². The zero-order chi connectivity index (χ0) is 22.0. The Morgan fingerprint density at radius 3 is 2.45 bits per heavy atom. The summed E-state index contributed by atoms with van der Waals surface area (Å²) < 4.78 is 0. The highest BCUT2D eigenvalue weighted by molar-refractivity contribution is 6.30. The molecule has 31 heavy (non-hydrogen) atoms. The molecule has 8 heteroatoms. The van der Waals surface area contributed by atoms with E-state index in [0.717, 1.165) is 36.1 Å². The molecule has 1 atom stereocenters. The fourth-order valence-corrected chi connectivity index (χ4v) is 4.80. The highest BCUT2D eigenvalue weighted by Crippen LogP contribution is 2.37. The Labute approximate surface area is 187 Å². The number of hydrogen-bond donors (Lipinski definition) is 1. The van der Waals surface area contributed by atoms with E-state index in [1.807, 2.05) is 34.1 Å². The standard InChI is InChI=1S/C23H28ClN5O2/c1-15(30)28-12-9-17(10-13-28)22(31)29-11-3-2-4-20(29)21-19(14-26-23(25)27-21)16-5-7-18(24)8-6-16/h5-8,14,17,20H,2-4,9-13H2,1H3,(H2,25,26,27)/t20-/m0/s1. The van der Waals surface area contributed by atoms with Crippen LogP contribution in [0.5, 0.6) is 0 Å². The Morgan fingerprint density at radius 1 is 1.06 bits per heavy atom. The minimum atomic E-state index is -0.136. The van der Waals surface area contributed by atoms with E-state index in [4.69, 9.17) is 17.3 Å². The Morgan fingerprint density at radius 2 is 1.77 bits per heavy atom. The van der Waals surface area contributed by atoms with Crippen LogP contribution in [0.3, 0.4) is 0 Å². The maximum atomic E-state index is 13.5. The maximum absolute atomic E-state index is 13.5. The summed E-state index contributed by atoms with van der Waals surface area (Å²) in [5, 5.41) is 0.660. The topological polar surface area (TPSA) is 92.4 Å². The lowest BCUT2D eigenvalue weighted by atomic mass is 9.90. The van der Waals surface area contributed by atoms with E-state index < -0.39 is 0 Å². The van der Waals surface area contributed by atoms with Crippen molar-refractivity contribution in [3.05, 3.63) is 41.2 Å². The summed E-state index contributed by atoms with van der Waals surface area (Å²) in [4.78, 5) is 37.8. The van der Waals surface area contributed by atoms with Gasteiger partial charge in [0.25, 0.3) is 0 Å². The van der Waals surface area contributed by atoms with Gasteiger partial charge in [-0.25, -0.2) is 9.97 Å². The molecule has 2 aromatic rings. The third-order valence-electron chi connectivity index (χ3n) is 6.38. The first-order valence-electron chi connectivity index (χ1n) is 10.9. The lowest BCUT2D eigenvalue weighted by molar-refractivity contribution is -0.143. The van der Waals surface area contributed by atoms with Crippen LogP contribution in [-0.4, -0.2) is 51.2 Å². The van der Waals surface area contributed by atoms with Gasteiger partial charge < -0.3 is 15.5 Å². The van der Waals surface area contributed by atoms with Gasteiger partial charge in [0, 0.05) is 49.3 Å². The Bertz CT molecular complexity index is 957. The lowest BCUT2D eigenvalue weighted by Gasteiger charge is -2.40. The molecule has 0 saturated carbocycles. The fraction of sp³-hybridized carbons (Fsp3) is 0.478. The molecule has 3 heterocycles. The van der Waals surface area contributed by atoms with Gasteiger partial charge in [0.15, 0.2) is 0 Å². The summed E-state index contributed by atoms with van der Waals surface area (Å²) in [5.74, 6) is 0.382. The zero-order valence-corrected chi connectivity index (χ0v) is 18.5. The van der Waals surface area contributed by atoms with Crippen molar-refractivity contribution in [3.63, 3.8) is 0 Å². The second-order valence-electron chi connectivity index (χ2n) is 8.36. The smallest absolute Gasteiger partial charge is 0.226 e. The quantitative estimate of drug-likeness (QED) is 0.784. The molecule has 0 aliphatic carbocycles. The normalized spacial score (nSPS) is 20.0. The van der Waals surface area contributed by atoms with Crippen LogP contribution in [0.2, 0.25) is 5.02 Å². The molecule has 1 aromatic carbocycles. The van der Waals surface area contributed by atoms with Crippen LogP contribution < -0.4 is 5.73 Å². The van der Waals surface area contributed by atoms with Crippen molar-refractivity contribution in [2.45, 2.75) is 45.1 Å². The molecule has 2 aliphatic rings. The van der Waals surface area contributed by atoms with E-state index in [1.54, 1.807) is 13.1 Å². The molecule has 2 saturated heterocycles. The van der Waals surface area contributed by atoms with Gasteiger partial charge in [-0.3, -0.25) is 9.59 Å². The highest BCUT2D eigenvalue weighted by Gasteiger charge is 2.36. The van der Waals surface area contributed by atoms with Crippen LogP contribution in [0.25, 0.3) is 11.1 Å². The molecule has 2 N–H and O–H groups in total. The number of amides is 2. The fourth-order valence-electron chi connectivity index (χ4n) is 4.67. The van der Waals surface area contributed by atoms with Gasteiger partial charge in [-0.1, -0.05) is 23.7 Å². The number of rotatable bonds is 3. The zero-order valence-electron chi connectivity index (χ0n) is 17.8. The number of aromatic nitrogens is 2. The van der Waals surface area contributed by atoms with Gasteiger partial charge in [-0.15, -0.1) is 0 Å². The van der Waals surface area contributed by atoms with Crippen LogP contribution in [0, 0.1) is 5.92 Å². The number of carbonyl (C=O) groups excluding carboxylic acids is 2. The van der Waals surface area contributed by atoms with E-state index in [-0.39, 0.29) is 29.7 Å². The number of piperidine rings is 2. The summed E-state index contributed by atoms with van der Waals surface area (Å²) in [7, 11) is 0. The molecule has 4 rings (SSSR count). The molecule has 2 aliphatic heterocycles. The molecule has 2 fully saturated rings. The summed E-state index contributed by atoms with van der Waals surface area (Å²) in [6, 6.07) is 7.41. The van der Waals surface area contributed by atoms with Crippen LogP contribution in [0.15, 0.2) is 30.5 Å². The SMILES string of the molecule is CC(=O)N1CCC(C(=O)N2CCCC[C@H]2c2nc(N)ncc2-c2ccc(Cl)cc2)CC1. The summed E-state index contributed by atoms with van der Waals surface area (Å²) in [6.45, 7) is 3.57. The number of anilines is 1. The summed E-state index contributed by atoms with van der Waals surface area (Å²) >= 11 is 6.06. The molecule has 1 aromatic heterocycles. The number of hydrogen-bond acceptors (Lipinski definition) is 5. The van der Waals surface area contributed by atoms with Gasteiger partial charge in [0.1, 0.15) is 0 Å². The van der Waals surface area contributed by atoms with Gasteiger partial charge in [-0.05, 0) is 49.8 Å². The first-order valence-corrected chi connectivity index (χ1v) is 11.3. The van der Waals surface area contributed by atoms with Crippen LogP contribution in [-0.2, 0) is 9.59 Å². The Balaban J connectivity index is 1.62. The van der Waals surface area contributed by atoms with E-state index in [0.29, 0.717) is 37.5 Å². The van der Waals surface area contributed by atoms with Gasteiger partial charge >= 0.3 is 0 Å². The summed E-state index contributed by atoms with van der Waals surface area (Å²) in [6.07, 6.45) is 6.00. The number of nitrogens with zero attached hydrogens (tertiary/aromatic N) is 4. The van der Waals surface area contributed by atoms with Gasteiger partial charge in [0.05, 0.1) is 11.7 Å². The third kappa shape index (κ3) is 4.66. The first-order chi connectivity index (χ1) is 14.9. The molecular weight excluding hydrogens is 414 g/mol. The number of nitrogen functional groups attached to an aromatic ring is 1. The van der Waals surface area contributed by atoms with Crippen LogP contribution >= 0.6 is 11.6 Å². The molecule has 0 unspecified atom stereocenters. The highest BCUT2D eigenvalue weighted by atomic mass is 35.5. The van der Waals surface area contributed by atoms with E-state index in [9.17, 15) is 9.59 Å². The van der Waals surface area contributed by atoms with E-state index in [2.05, 4.69) is 9.97 Å². The van der Waals surface area contributed by atoms with Gasteiger partial charge in [0.2, 0.25) is 17.8 Å². The molecule has 2 amide bonds. The summed E-state index contributed by atoms with van der Waals surface area (Å²) in [5.41, 5.74) is 8.58. The third-order valence-corrected chi connectivity index (χ3v) is 6.64. The molecule has 164 valence electrons. The van der Waals surface area contributed by atoms with Crippen LogP contribution in [0.1, 0.15) is 50.8 Å². The molecule has 0 bridgehead atoms. The lowest BCUT2D eigenvalue weighted by Crippen LogP contribution is -2.46. The monoisotopic (exact) mass is 441 g/mol. The van der Waals surface area contributed by atoms with Gasteiger partial charge in [-0.2, -0.15) is 0 Å². The van der Waals surface area contributed by atoms with Crippen LogP contribution in [0.4, 0.5) is 5.95 Å². The van der Waals surface area contributed by atoms with E-state index in [1.165, 1.54) is 0 Å². The first kappa shape index (κ1) is 21.6. The van der Waals surface area contributed by atoms with Crippen molar-refractivity contribution in [1.29, 1.82) is 0 Å². The molecular formula is C23H28ClN5O2. The van der Waals surface area contributed by atoms with Crippen molar-refractivity contribution in [3.8, 4) is 11.1 Å². The number of carbonyl (C=O) groups is 2. The predicted octanol–water partition coefficient (Wildman–Crippen LogP) is 3.69. The van der Waals surface area contributed by atoms with Crippen molar-refractivity contribution in [2.75, 3.05) is 25.4 Å². The minimum absolute atomic E-state index is 0.0608. The Kier molecular flexibility index (Phi) is 6.41.